The SMILES string of the molecule is CCC(C)CC(C)NS(=O)(=O)c1cc(N)c(C)c(F)c1. The van der Waals surface area contributed by atoms with Gasteiger partial charge in [0.1, 0.15) is 5.82 Å². The highest BCUT2D eigenvalue weighted by Crippen LogP contribution is 2.21. The van der Waals surface area contributed by atoms with E-state index in [1.54, 1.807) is 6.92 Å². The van der Waals surface area contributed by atoms with E-state index in [1.165, 1.54) is 13.0 Å². The normalized spacial score (nSPS) is 15.1. The fraction of sp³-hybridized carbons (Fsp3) is 0.571. The van der Waals surface area contributed by atoms with E-state index in [0.717, 1.165) is 18.9 Å². The average molecular weight is 302 g/mol. The summed E-state index contributed by atoms with van der Waals surface area (Å²) in [7, 11) is -3.75. The summed E-state index contributed by atoms with van der Waals surface area (Å²) in [5.74, 6) is -0.188. The van der Waals surface area contributed by atoms with Crippen molar-refractivity contribution in [1.82, 2.24) is 4.72 Å². The first-order valence-electron chi connectivity index (χ1n) is 6.75. The first-order chi connectivity index (χ1) is 9.17. The molecule has 6 heteroatoms. The molecular formula is C14H23FN2O2S. The van der Waals surface area contributed by atoms with Gasteiger partial charge in [-0.05, 0) is 38.3 Å². The second-order valence-corrected chi connectivity index (χ2v) is 7.10. The zero-order valence-corrected chi connectivity index (χ0v) is 13.2. The molecule has 3 N–H and O–H groups in total. The molecule has 1 aromatic rings. The van der Waals surface area contributed by atoms with E-state index in [4.69, 9.17) is 5.73 Å². The molecule has 0 aliphatic rings. The highest BCUT2D eigenvalue weighted by atomic mass is 32.2. The molecule has 0 aliphatic carbocycles. The van der Waals surface area contributed by atoms with Crippen molar-refractivity contribution in [3.8, 4) is 0 Å². The number of hydrogen-bond acceptors (Lipinski definition) is 3. The number of halogens is 1. The molecule has 2 unspecified atom stereocenters. The quantitative estimate of drug-likeness (QED) is 0.794. The number of anilines is 1. The highest BCUT2D eigenvalue weighted by Gasteiger charge is 2.20. The van der Waals surface area contributed by atoms with Gasteiger partial charge in [-0.15, -0.1) is 0 Å². The van der Waals surface area contributed by atoms with E-state index in [0.29, 0.717) is 5.92 Å². The van der Waals surface area contributed by atoms with E-state index in [1.807, 2.05) is 0 Å². The Morgan fingerprint density at radius 3 is 2.45 bits per heavy atom. The molecule has 0 saturated carbocycles. The molecule has 4 nitrogen and oxygen atoms in total. The summed E-state index contributed by atoms with van der Waals surface area (Å²) in [6, 6.07) is 2.08. The van der Waals surface area contributed by atoms with Crippen molar-refractivity contribution in [3.05, 3.63) is 23.5 Å². The van der Waals surface area contributed by atoms with Gasteiger partial charge in [0.05, 0.1) is 4.90 Å². The van der Waals surface area contributed by atoms with Gasteiger partial charge in [0.25, 0.3) is 0 Å². The number of benzene rings is 1. The van der Waals surface area contributed by atoms with Crippen LogP contribution in [-0.4, -0.2) is 14.5 Å². The summed E-state index contributed by atoms with van der Waals surface area (Å²) in [6.07, 6.45) is 1.72. The third kappa shape index (κ3) is 4.18. The Labute approximate surface area is 120 Å². The molecule has 1 aromatic carbocycles. The van der Waals surface area contributed by atoms with Gasteiger partial charge >= 0.3 is 0 Å². The van der Waals surface area contributed by atoms with Crippen molar-refractivity contribution in [2.45, 2.75) is 51.5 Å². The molecular weight excluding hydrogens is 279 g/mol. The van der Waals surface area contributed by atoms with Gasteiger partial charge in [0, 0.05) is 17.3 Å². The summed E-state index contributed by atoms with van der Waals surface area (Å²) < 4.78 is 40.6. The molecule has 0 saturated heterocycles. The summed E-state index contributed by atoms with van der Waals surface area (Å²) in [6.45, 7) is 7.44. The van der Waals surface area contributed by atoms with Crippen LogP contribution >= 0.6 is 0 Å². The molecule has 1 rings (SSSR count). The fourth-order valence-electron chi connectivity index (χ4n) is 1.98. The third-order valence-corrected chi connectivity index (χ3v) is 5.05. The Morgan fingerprint density at radius 1 is 1.35 bits per heavy atom. The lowest BCUT2D eigenvalue weighted by atomic mass is 10.0. The van der Waals surface area contributed by atoms with Gasteiger partial charge in [0.15, 0.2) is 0 Å². The van der Waals surface area contributed by atoms with Crippen LogP contribution in [0, 0.1) is 18.7 Å². The molecule has 0 amide bonds. The Kier molecular flexibility index (Phi) is 5.53. The van der Waals surface area contributed by atoms with Crippen LogP contribution in [0.5, 0.6) is 0 Å². The summed E-state index contributed by atoms with van der Waals surface area (Å²) >= 11 is 0. The number of nitrogens with one attached hydrogen (secondary N) is 1. The fourth-order valence-corrected chi connectivity index (χ4v) is 3.28. The van der Waals surface area contributed by atoms with Crippen LogP contribution in [0.4, 0.5) is 10.1 Å². The monoisotopic (exact) mass is 302 g/mol. The maximum absolute atomic E-state index is 13.6. The van der Waals surface area contributed by atoms with Crippen LogP contribution in [0.2, 0.25) is 0 Å². The van der Waals surface area contributed by atoms with Crippen LogP contribution < -0.4 is 10.5 Å². The van der Waals surface area contributed by atoms with Gasteiger partial charge in [-0.1, -0.05) is 20.3 Å². The molecule has 0 aromatic heterocycles. The zero-order chi connectivity index (χ0) is 15.5. The van der Waals surface area contributed by atoms with Crippen molar-refractivity contribution < 1.29 is 12.8 Å². The zero-order valence-electron chi connectivity index (χ0n) is 12.4. The maximum Gasteiger partial charge on any atom is 0.240 e. The smallest absolute Gasteiger partial charge is 0.240 e. The Bertz CT molecular complexity index is 550. The second kappa shape index (κ2) is 6.54. The van der Waals surface area contributed by atoms with Crippen molar-refractivity contribution in [3.63, 3.8) is 0 Å². The van der Waals surface area contributed by atoms with Crippen molar-refractivity contribution in [1.29, 1.82) is 0 Å². The van der Waals surface area contributed by atoms with E-state index in [-0.39, 0.29) is 22.2 Å². The minimum Gasteiger partial charge on any atom is -0.398 e. The minimum absolute atomic E-state index is 0.130. The molecule has 0 fully saturated rings. The van der Waals surface area contributed by atoms with Gasteiger partial charge in [-0.3, -0.25) is 0 Å². The highest BCUT2D eigenvalue weighted by molar-refractivity contribution is 7.89. The lowest BCUT2D eigenvalue weighted by molar-refractivity contribution is 0.445. The first-order valence-corrected chi connectivity index (χ1v) is 8.23. The predicted molar refractivity (Wildman–Crippen MR) is 79.4 cm³/mol. The molecule has 0 aliphatic heterocycles. The molecule has 0 heterocycles. The number of sulfonamides is 1. The number of nitrogen functional groups attached to an aromatic ring is 1. The Morgan fingerprint density at radius 2 is 1.95 bits per heavy atom. The van der Waals surface area contributed by atoms with Gasteiger partial charge in [0.2, 0.25) is 10.0 Å². The number of hydrogen-bond donors (Lipinski definition) is 2. The largest absolute Gasteiger partial charge is 0.398 e. The van der Waals surface area contributed by atoms with Gasteiger partial charge in [-0.25, -0.2) is 17.5 Å². The first kappa shape index (κ1) is 16.9. The lowest BCUT2D eigenvalue weighted by Crippen LogP contribution is -2.33. The van der Waals surface area contributed by atoms with Gasteiger partial charge in [-0.2, -0.15) is 0 Å². The number of nitrogens with two attached hydrogens (primary N) is 1. The third-order valence-electron chi connectivity index (χ3n) is 3.48. The van der Waals surface area contributed by atoms with Crippen LogP contribution in [0.3, 0.4) is 0 Å². The molecule has 2 atom stereocenters. The summed E-state index contributed by atoms with van der Waals surface area (Å²) in [5.41, 5.74) is 6.02. The molecule has 0 spiro atoms. The summed E-state index contributed by atoms with van der Waals surface area (Å²) in [4.78, 5) is -0.130. The summed E-state index contributed by atoms with van der Waals surface area (Å²) in [5, 5.41) is 0. The van der Waals surface area contributed by atoms with E-state index < -0.39 is 15.8 Å². The van der Waals surface area contributed by atoms with Crippen LogP contribution in [0.15, 0.2) is 17.0 Å². The van der Waals surface area contributed by atoms with Crippen molar-refractivity contribution in [2.24, 2.45) is 5.92 Å². The van der Waals surface area contributed by atoms with E-state index >= 15 is 0 Å². The molecule has 114 valence electrons. The number of rotatable bonds is 6. The molecule has 20 heavy (non-hydrogen) atoms. The maximum atomic E-state index is 13.6. The van der Waals surface area contributed by atoms with Gasteiger partial charge < -0.3 is 5.73 Å². The Balaban J connectivity index is 2.94. The van der Waals surface area contributed by atoms with Crippen molar-refractivity contribution >= 4 is 15.7 Å². The standard InChI is InChI=1S/C14H23FN2O2S/c1-5-9(2)6-10(3)17-20(18,19)12-7-13(15)11(4)14(16)8-12/h7-10,17H,5-6,16H2,1-4H3. The Hall–Kier alpha value is -1.14. The minimum atomic E-state index is -3.75. The topological polar surface area (TPSA) is 72.2 Å². The van der Waals surface area contributed by atoms with E-state index in [9.17, 15) is 12.8 Å². The second-order valence-electron chi connectivity index (χ2n) is 5.39. The lowest BCUT2D eigenvalue weighted by Gasteiger charge is -2.18. The predicted octanol–water partition coefficient (Wildman–Crippen LogP) is 2.82. The van der Waals surface area contributed by atoms with Crippen molar-refractivity contribution in [2.75, 3.05) is 5.73 Å². The van der Waals surface area contributed by atoms with Crippen LogP contribution in [0.25, 0.3) is 0 Å². The van der Waals surface area contributed by atoms with Crippen LogP contribution in [-0.2, 0) is 10.0 Å². The molecule has 0 radical (unpaired) electrons. The average Bonchev–Trinajstić information content (AvgIpc) is 2.34. The molecule has 0 bridgehead atoms. The van der Waals surface area contributed by atoms with Crippen LogP contribution in [0.1, 0.15) is 39.2 Å². The van der Waals surface area contributed by atoms with E-state index in [2.05, 4.69) is 18.6 Å².